The van der Waals surface area contributed by atoms with Gasteiger partial charge in [0.05, 0.1) is 16.6 Å². The van der Waals surface area contributed by atoms with Gasteiger partial charge >= 0.3 is 0 Å². The summed E-state index contributed by atoms with van der Waals surface area (Å²) >= 11 is 1.50. The number of hydrogen-bond acceptors (Lipinski definition) is 3. The average molecular weight is 321 g/mol. The van der Waals surface area contributed by atoms with E-state index in [1.807, 2.05) is 55.5 Å². The smallest absolute Gasteiger partial charge is 0.230 e. The third-order valence-corrected chi connectivity index (χ3v) is 4.86. The molecule has 1 amide bonds. The van der Waals surface area contributed by atoms with Gasteiger partial charge in [-0.05, 0) is 30.7 Å². The van der Waals surface area contributed by atoms with Crippen LogP contribution in [0.5, 0.6) is 0 Å². The zero-order chi connectivity index (χ0) is 15.8. The minimum Gasteiger partial charge on any atom is -0.358 e. The Balaban J connectivity index is 1.58. The number of aryl methyl sites for hydroxylation is 1. The van der Waals surface area contributed by atoms with Crippen molar-refractivity contribution in [1.82, 2.24) is 9.97 Å². The van der Waals surface area contributed by atoms with Gasteiger partial charge in [0.15, 0.2) is 5.13 Å². The van der Waals surface area contributed by atoms with Gasteiger partial charge in [0.25, 0.3) is 0 Å². The first-order chi connectivity index (χ1) is 11.2. The molecule has 0 aliphatic carbocycles. The van der Waals surface area contributed by atoms with Gasteiger partial charge in [-0.15, -0.1) is 0 Å². The SMILES string of the molecule is Cc1[nH]c2ccccc2c1CC(=O)Nc1nc2ccccc2s1. The lowest BCUT2D eigenvalue weighted by atomic mass is 10.1. The van der Waals surface area contributed by atoms with Crippen molar-refractivity contribution in [2.75, 3.05) is 5.32 Å². The first-order valence-corrected chi connectivity index (χ1v) is 8.24. The Bertz CT molecular complexity index is 982. The lowest BCUT2D eigenvalue weighted by Crippen LogP contribution is -2.14. The number of nitrogens with zero attached hydrogens (tertiary/aromatic N) is 1. The Morgan fingerprint density at radius 3 is 2.83 bits per heavy atom. The van der Waals surface area contributed by atoms with Gasteiger partial charge in [-0.3, -0.25) is 4.79 Å². The van der Waals surface area contributed by atoms with Crippen LogP contribution in [0.4, 0.5) is 5.13 Å². The van der Waals surface area contributed by atoms with Crippen LogP contribution in [-0.4, -0.2) is 15.9 Å². The topological polar surface area (TPSA) is 57.8 Å². The number of hydrogen-bond donors (Lipinski definition) is 2. The van der Waals surface area contributed by atoms with Crippen LogP contribution in [0.1, 0.15) is 11.3 Å². The highest BCUT2D eigenvalue weighted by Gasteiger charge is 2.13. The molecule has 114 valence electrons. The summed E-state index contributed by atoms with van der Waals surface area (Å²) in [5, 5.41) is 4.66. The van der Waals surface area contributed by atoms with E-state index in [2.05, 4.69) is 15.3 Å². The zero-order valence-electron chi connectivity index (χ0n) is 12.6. The van der Waals surface area contributed by atoms with Crippen LogP contribution in [-0.2, 0) is 11.2 Å². The van der Waals surface area contributed by atoms with Crippen molar-refractivity contribution in [1.29, 1.82) is 0 Å². The molecule has 23 heavy (non-hydrogen) atoms. The summed E-state index contributed by atoms with van der Waals surface area (Å²) in [6.07, 6.45) is 0.339. The number of aromatic amines is 1. The molecule has 2 aromatic heterocycles. The number of nitrogens with one attached hydrogen (secondary N) is 2. The minimum atomic E-state index is -0.0445. The van der Waals surface area contributed by atoms with Crippen LogP contribution < -0.4 is 5.32 Å². The number of thiazole rings is 1. The molecule has 2 aromatic carbocycles. The van der Waals surface area contributed by atoms with Crippen molar-refractivity contribution < 1.29 is 4.79 Å². The van der Waals surface area contributed by atoms with Gasteiger partial charge in [-0.25, -0.2) is 4.98 Å². The molecule has 0 fully saturated rings. The summed E-state index contributed by atoms with van der Waals surface area (Å²) < 4.78 is 1.08. The molecule has 2 heterocycles. The van der Waals surface area contributed by atoms with Crippen LogP contribution in [0.2, 0.25) is 0 Å². The van der Waals surface area contributed by atoms with E-state index in [1.165, 1.54) is 11.3 Å². The van der Waals surface area contributed by atoms with E-state index in [0.29, 0.717) is 11.6 Å². The van der Waals surface area contributed by atoms with Crippen LogP contribution in [0.3, 0.4) is 0 Å². The molecule has 0 atom stereocenters. The maximum Gasteiger partial charge on any atom is 0.230 e. The van der Waals surface area contributed by atoms with Crippen LogP contribution in [0.25, 0.3) is 21.1 Å². The molecule has 4 nitrogen and oxygen atoms in total. The van der Waals surface area contributed by atoms with Gasteiger partial charge in [-0.2, -0.15) is 0 Å². The molecule has 4 aromatic rings. The number of carbonyl (C=O) groups excluding carboxylic acids is 1. The molecule has 4 rings (SSSR count). The van der Waals surface area contributed by atoms with E-state index in [-0.39, 0.29) is 5.91 Å². The van der Waals surface area contributed by atoms with Crippen LogP contribution >= 0.6 is 11.3 Å². The molecule has 0 unspecified atom stereocenters. The second kappa shape index (κ2) is 5.52. The second-order valence-corrected chi connectivity index (χ2v) is 6.52. The Kier molecular flexibility index (Phi) is 3.35. The first kappa shape index (κ1) is 14.0. The molecule has 0 saturated heterocycles. The maximum absolute atomic E-state index is 12.4. The Hall–Kier alpha value is -2.66. The molecular formula is C18H15N3OS. The lowest BCUT2D eigenvalue weighted by molar-refractivity contribution is -0.115. The summed E-state index contributed by atoms with van der Waals surface area (Å²) in [7, 11) is 0. The fraction of sp³-hybridized carbons (Fsp3) is 0.111. The van der Waals surface area contributed by atoms with E-state index in [0.717, 1.165) is 32.4 Å². The monoisotopic (exact) mass is 321 g/mol. The average Bonchev–Trinajstić information content (AvgIpc) is 3.08. The van der Waals surface area contributed by atoms with Crippen LogP contribution in [0, 0.1) is 6.92 Å². The summed E-state index contributed by atoms with van der Waals surface area (Å²) in [5.41, 5.74) is 4.05. The largest absolute Gasteiger partial charge is 0.358 e. The third kappa shape index (κ3) is 2.59. The van der Waals surface area contributed by atoms with Crippen molar-refractivity contribution in [2.24, 2.45) is 0 Å². The van der Waals surface area contributed by atoms with E-state index in [9.17, 15) is 4.79 Å². The van der Waals surface area contributed by atoms with Gasteiger partial charge < -0.3 is 10.3 Å². The Morgan fingerprint density at radius 2 is 1.96 bits per heavy atom. The van der Waals surface area contributed by atoms with Crippen molar-refractivity contribution >= 4 is 43.5 Å². The van der Waals surface area contributed by atoms with E-state index in [1.54, 1.807) is 0 Å². The molecule has 2 N–H and O–H groups in total. The summed E-state index contributed by atoms with van der Waals surface area (Å²) in [4.78, 5) is 20.2. The van der Waals surface area contributed by atoms with E-state index in [4.69, 9.17) is 0 Å². The van der Waals surface area contributed by atoms with Crippen molar-refractivity contribution in [3.63, 3.8) is 0 Å². The van der Waals surface area contributed by atoms with Crippen LogP contribution in [0.15, 0.2) is 48.5 Å². The zero-order valence-corrected chi connectivity index (χ0v) is 13.4. The van der Waals surface area contributed by atoms with Gasteiger partial charge in [0, 0.05) is 16.6 Å². The third-order valence-electron chi connectivity index (χ3n) is 3.90. The number of para-hydroxylation sites is 2. The minimum absolute atomic E-state index is 0.0445. The fourth-order valence-corrected chi connectivity index (χ4v) is 3.69. The highest BCUT2D eigenvalue weighted by molar-refractivity contribution is 7.22. The van der Waals surface area contributed by atoms with E-state index >= 15 is 0 Å². The normalized spacial score (nSPS) is 11.2. The standard InChI is InChI=1S/C18H15N3OS/c1-11-13(12-6-2-3-7-14(12)19-11)10-17(22)21-18-20-15-8-4-5-9-16(15)23-18/h2-9,19H,10H2,1H3,(H,20,21,22). The number of aromatic nitrogens is 2. The number of carbonyl (C=O) groups is 1. The lowest BCUT2D eigenvalue weighted by Gasteiger charge is -2.02. The molecule has 0 saturated carbocycles. The Morgan fingerprint density at radius 1 is 1.17 bits per heavy atom. The Labute approximate surface area is 137 Å². The summed E-state index contributed by atoms with van der Waals surface area (Å²) in [5.74, 6) is -0.0445. The number of amides is 1. The highest BCUT2D eigenvalue weighted by atomic mass is 32.1. The number of H-pyrrole nitrogens is 1. The van der Waals surface area contributed by atoms with Gasteiger partial charge in [0.2, 0.25) is 5.91 Å². The number of fused-ring (bicyclic) bond motifs is 2. The van der Waals surface area contributed by atoms with Crippen molar-refractivity contribution in [3.05, 3.63) is 59.8 Å². The molecule has 0 bridgehead atoms. The van der Waals surface area contributed by atoms with Gasteiger partial charge in [0.1, 0.15) is 0 Å². The summed E-state index contributed by atoms with van der Waals surface area (Å²) in [6, 6.07) is 15.9. The maximum atomic E-state index is 12.4. The molecule has 0 radical (unpaired) electrons. The fourth-order valence-electron chi connectivity index (χ4n) is 2.81. The van der Waals surface area contributed by atoms with Crippen molar-refractivity contribution in [3.8, 4) is 0 Å². The predicted molar refractivity (Wildman–Crippen MR) is 95.0 cm³/mol. The highest BCUT2D eigenvalue weighted by Crippen LogP contribution is 2.26. The quantitative estimate of drug-likeness (QED) is 0.592. The molecule has 0 aliphatic rings. The second-order valence-electron chi connectivity index (χ2n) is 5.49. The molecule has 0 aliphatic heterocycles. The van der Waals surface area contributed by atoms with E-state index < -0.39 is 0 Å². The summed E-state index contributed by atoms with van der Waals surface area (Å²) in [6.45, 7) is 2.00. The van der Waals surface area contributed by atoms with Crippen molar-refractivity contribution in [2.45, 2.75) is 13.3 Å². The molecule has 0 spiro atoms. The number of rotatable bonds is 3. The molecular weight excluding hydrogens is 306 g/mol. The first-order valence-electron chi connectivity index (χ1n) is 7.42. The number of anilines is 1. The number of benzene rings is 2. The molecule has 5 heteroatoms. The predicted octanol–water partition coefficient (Wildman–Crippen LogP) is 4.27. The van der Waals surface area contributed by atoms with Gasteiger partial charge in [-0.1, -0.05) is 41.7 Å².